The van der Waals surface area contributed by atoms with Crippen LogP contribution < -0.4 is 9.47 Å². The summed E-state index contributed by atoms with van der Waals surface area (Å²) < 4.78 is 23.1. The Hall–Kier alpha value is -6.12. The number of hydrogen-bond acceptors (Lipinski definition) is 8. The zero-order valence-corrected chi connectivity index (χ0v) is 36.4. The number of hydrogen-bond donors (Lipinski definition) is 0. The Bertz CT molecular complexity index is 1850. The fourth-order valence-electron chi connectivity index (χ4n) is 7.13. The molecular formula is C54H64N2O6. The Morgan fingerprint density at radius 1 is 0.435 bits per heavy atom. The van der Waals surface area contributed by atoms with E-state index >= 15 is 0 Å². The van der Waals surface area contributed by atoms with Gasteiger partial charge in [-0.2, -0.15) is 10.5 Å². The fraction of sp³-hybridized carbons (Fsp3) is 0.407. The summed E-state index contributed by atoms with van der Waals surface area (Å²) in [4.78, 5) is 25.2. The molecule has 0 amide bonds. The number of nitrogens with zero attached hydrogens (tertiary/aromatic N) is 2. The second kappa shape index (κ2) is 29.2. The van der Waals surface area contributed by atoms with Gasteiger partial charge in [-0.05, 0) is 109 Å². The van der Waals surface area contributed by atoms with Crippen molar-refractivity contribution in [3.8, 4) is 45.9 Å². The van der Waals surface area contributed by atoms with Crippen LogP contribution in [-0.4, -0.2) is 37.4 Å². The van der Waals surface area contributed by atoms with Crippen molar-refractivity contribution < 1.29 is 28.5 Å². The minimum Gasteiger partial charge on any atom is -0.494 e. The third-order valence-corrected chi connectivity index (χ3v) is 10.8. The molecule has 4 aromatic carbocycles. The van der Waals surface area contributed by atoms with Crippen molar-refractivity contribution in [1.29, 1.82) is 10.5 Å². The average Bonchev–Trinajstić information content (AvgIpc) is 3.31. The molecule has 0 bridgehead atoms. The normalized spacial score (nSPS) is 11.6. The molecular weight excluding hydrogens is 773 g/mol. The number of carbonyl (C=O) groups is 2. The molecule has 0 saturated carbocycles. The number of unbranched alkanes of at least 4 members (excludes halogenated alkanes) is 14. The van der Waals surface area contributed by atoms with Gasteiger partial charge in [0, 0.05) is 12.8 Å². The van der Waals surface area contributed by atoms with Gasteiger partial charge in [0.15, 0.2) is 12.2 Å². The topological polar surface area (TPSA) is 119 Å². The van der Waals surface area contributed by atoms with Crippen LogP contribution in [0, 0.1) is 22.7 Å². The van der Waals surface area contributed by atoms with Gasteiger partial charge in [0.25, 0.3) is 0 Å². The van der Waals surface area contributed by atoms with Crippen molar-refractivity contribution >= 4 is 11.9 Å². The molecule has 0 aliphatic rings. The van der Waals surface area contributed by atoms with E-state index in [1.54, 1.807) is 0 Å². The van der Waals surface area contributed by atoms with Crippen LogP contribution in [0.25, 0.3) is 22.3 Å². The molecule has 2 atom stereocenters. The van der Waals surface area contributed by atoms with E-state index in [0.717, 1.165) is 136 Å². The summed E-state index contributed by atoms with van der Waals surface area (Å²) in [7, 11) is 0. The zero-order chi connectivity index (χ0) is 44.0. The first-order chi connectivity index (χ1) is 30.4. The first kappa shape index (κ1) is 48.5. The summed E-state index contributed by atoms with van der Waals surface area (Å²) in [5, 5.41) is 18.0. The summed E-state index contributed by atoms with van der Waals surface area (Å²) in [5.41, 5.74) is 5.65. The van der Waals surface area contributed by atoms with Crippen molar-refractivity contribution in [3.05, 3.63) is 133 Å². The van der Waals surface area contributed by atoms with Crippen molar-refractivity contribution in [2.45, 2.75) is 128 Å². The molecule has 4 aromatic rings. The molecule has 0 radical (unpaired) electrons. The van der Waals surface area contributed by atoms with Crippen LogP contribution in [0.15, 0.2) is 122 Å². The fourth-order valence-corrected chi connectivity index (χ4v) is 7.13. The van der Waals surface area contributed by atoms with E-state index in [9.17, 15) is 9.59 Å². The van der Waals surface area contributed by atoms with Crippen LogP contribution in [0.1, 0.15) is 127 Å². The molecule has 0 N–H and O–H groups in total. The average molecular weight is 837 g/mol. The molecule has 0 saturated heterocycles. The van der Waals surface area contributed by atoms with Crippen LogP contribution in [0.3, 0.4) is 0 Å². The first-order valence-corrected chi connectivity index (χ1v) is 22.5. The van der Waals surface area contributed by atoms with Gasteiger partial charge < -0.3 is 18.9 Å². The molecule has 8 nitrogen and oxygen atoms in total. The third kappa shape index (κ3) is 18.7. The Morgan fingerprint density at radius 2 is 0.710 bits per heavy atom. The van der Waals surface area contributed by atoms with Crippen LogP contribution in [0.2, 0.25) is 0 Å². The van der Waals surface area contributed by atoms with Gasteiger partial charge in [-0.3, -0.25) is 9.59 Å². The molecule has 326 valence electrons. The predicted octanol–water partition coefficient (Wildman–Crippen LogP) is 13.4. The van der Waals surface area contributed by atoms with E-state index in [-0.39, 0.29) is 11.9 Å². The van der Waals surface area contributed by atoms with Crippen molar-refractivity contribution in [2.75, 3.05) is 13.2 Å². The second-order valence-corrected chi connectivity index (χ2v) is 15.7. The molecule has 2 unspecified atom stereocenters. The van der Waals surface area contributed by atoms with Gasteiger partial charge in [0.05, 0.1) is 36.5 Å². The predicted molar refractivity (Wildman–Crippen MR) is 247 cm³/mol. The maximum Gasteiger partial charge on any atom is 0.306 e. The van der Waals surface area contributed by atoms with E-state index in [4.69, 9.17) is 29.5 Å². The number of nitriles is 2. The lowest BCUT2D eigenvalue weighted by Crippen LogP contribution is -2.32. The number of benzene rings is 4. The molecule has 4 rings (SSSR count). The second-order valence-electron chi connectivity index (χ2n) is 15.7. The lowest BCUT2D eigenvalue weighted by Gasteiger charge is -2.22. The van der Waals surface area contributed by atoms with E-state index in [1.807, 2.05) is 97.1 Å². The molecule has 0 heterocycles. The molecule has 0 aliphatic heterocycles. The van der Waals surface area contributed by atoms with E-state index in [1.165, 1.54) is 12.2 Å². The maximum atomic E-state index is 12.6. The standard InChI is InChI=1S/C54H64N2O6/c1-3-51(61-53(57)21-17-13-9-5-7-11-15-19-39-59-49-35-31-47(32-36-49)45-27-23-43(41-55)24-28-45)52(4-2)62-54(58)22-18-14-10-6-8-12-16-20-40-60-50-37-33-48(34-38-50)46-29-25-44(42-56)26-30-46/h3-4,23-38,51-52H,1-2,5-22,39-40H2. The lowest BCUT2D eigenvalue weighted by molar-refractivity contribution is -0.161. The van der Waals surface area contributed by atoms with Gasteiger partial charge in [0.2, 0.25) is 0 Å². The zero-order valence-electron chi connectivity index (χ0n) is 36.4. The molecule has 0 aromatic heterocycles. The quantitative estimate of drug-likeness (QED) is 0.0279. The van der Waals surface area contributed by atoms with Crippen LogP contribution in [0.5, 0.6) is 11.5 Å². The van der Waals surface area contributed by atoms with Crippen LogP contribution >= 0.6 is 0 Å². The van der Waals surface area contributed by atoms with Gasteiger partial charge in [0.1, 0.15) is 11.5 Å². The number of ether oxygens (including phenoxy) is 4. The summed E-state index contributed by atoms with van der Waals surface area (Å²) in [6.07, 6.45) is 18.9. The smallest absolute Gasteiger partial charge is 0.306 e. The largest absolute Gasteiger partial charge is 0.494 e. The SMILES string of the molecule is C=CC(OC(=O)CCCCCCCCCCOc1ccc(-c2ccc(C#N)cc2)cc1)C(C=C)OC(=O)CCCCCCCCCCOc1ccc(-c2ccc(C#N)cc2)cc1. The Balaban J connectivity index is 0.928. The van der Waals surface area contributed by atoms with E-state index < -0.39 is 12.2 Å². The van der Waals surface area contributed by atoms with Gasteiger partial charge in [-0.1, -0.05) is 139 Å². The number of carbonyl (C=O) groups excluding carboxylic acids is 2. The maximum absolute atomic E-state index is 12.6. The molecule has 0 spiro atoms. The van der Waals surface area contributed by atoms with Gasteiger partial charge >= 0.3 is 11.9 Å². The summed E-state index contributed by atoms with van der Waals surface area (Å²) in [6, 6.07) is 35.6. The van der Waals surface area contributed by atoms with Crippen molar-refractivity contribution in [1.82, 2.24) is 0 Å². The molecule has 0 aliphatic carbocycles. The summed E-state index contributed by atoms with van der Waals surface area (Å²) in [6.45, 7) is 8.97. The lowest BCUT2D eigenvalue weighted by atomic mass is 10.0. The van der Waals surface area contributed by atoms with E-state index in [2.05, 4.69) is 25.3 Å². The Labute approximate surface area is 370 Å². The minimum atomic E-state index is -0.757. The Kier molecular flexibility index (Phi) is 22.9. The highest BCUT2D eigenvalue weighted by atomic mass is 16.6. The third-order valence-electron chi connectivity index (χ3n) is 10.8. The monoisotopic (exact) mass is 836 g/mol. The molecule has 62 heavy (non-hydrogen) atoms. The van der Waals surface area contributed by atoms with Gasteiger partial charge in [-0.25, -0.2) is 0 Å². The minimum absolute atomic E-state index is 0.318. The van der Waals surface area contributed by atoms with Crippen LogP contribution in [-0.2, 0) is 19.1 Å². The van der Waals surface area contributed by atoms with Crippen molar-refractivity contribution in [3.63, 3.8) is 0 Å². The summed E-state index contributed by atoms with van der Waals surface area (Å²) >= 11 is 0. The number of esters is 2. The highest BCUT2D eigenvalue weighted by molar-refractivity contribution is 5.71. The number of rotatable bonds is 31. The van der Waals surface area contributed by atoms with Gasteiger partial charge in [-0.15, -0.1) is 0 Å². The van der Waals surface area contributed by atoms with Crippen molar-refractivity contribution in [2.24, 2.45) is 0 Å². The molecule has 8 heteroatoms. The first-order valence-electron chi connectivity index (χ1n) is 22.5. The summed E-state index contributed by atoms with van der Waals surface area (Å²) in [5.74, 6) is 1.09. The Morgan fingerprint density at radius 3 is 1.00 bits per heavy atom. The molecule has 0 fully saturated rings. The highest BCUT2D eigenvalue weighted by Crippen LogP contribution is 2.25. The highest BCUT2D eigenvalue weighted by Gasteiger charge is 2.23. The van der Waals surface area contributed by atoms with Crippen LogP contribution in [0.4, 0.5) is 0 Å². The van der Waals surface area contributed by atoms with E-state index in [0.29, 0.717) is 37.2 Å².